The molecule has 6 nitrogen and oxygen atoms in total. The fourth-order valence-corrected chi connectivity index (χ4v) is 2.95. The van der Waals surface area contributed by atoms with Crippen LogP contribution in [0.25, 0.3) is 10.2 Å². The molecular formula is C12H17N5OS. The predicted molar refractivity (Wildman–Crippen MR) is 78.0 cm³/mol. The van der Waals surface area contributed by atoms with Gasteiger partial charge < -0.3 is 20.7 Å². The molecule has 0 saturated carbocycles. The molecule has 0 spiro atoms. The number of rotatable bonds is 4. The molecular weight excluding hydrogens is 262 g/mol. The van der Waals surface area contributed by atoms with Gasteiger partial charge in [-0.05, 0) is 11.4 Å². The Morgan fingerprint density at radius 3 is 3.00 bits per heavy atom. The second-order valence-corrected chi connectivity index (χ2v) is 5.24. The Morgan fingerprint density at radius 1 is 1.37 bits per heavy atom. The van der Waals surface area contributed by atoms with Crippen LogP contribution in [0.2, 0.25) is 0 Å². The second-order valence-electron chi connectivity index (χ2n) is 4.32. The van der Waals surface area contributed by atoms with Crippen LogP contribution in [0.3, 0.4) is 0 Å². The zero-order valence-electron chi connectivity index (χ0n) is 10.6. The highest BCUT2D eigenvalue weighted by Crippen LogP contribution is 2.30. The van der Waals surface area contributed by atoms with Gasteiger partial charge in [0.1, 0.15) is 0 Å². The quantitative estimate of drug-likeness (QED) is 0.866. The maximum atomic E-state index is 5.51. The van der Waals surface area contributed by atoms with Crippen LogP contribution in [0.1, 0.15) is 0 Å². The molecule has 1 saturated heterocycles. The molecule has 102 valence electrons. The van der Waals surface area contributed by atoms with Crippen molar-refractivity contribution in [2.24, 2.45) is 5.73 Å². The number of morpholine rings is 1. The summed E-state index contributed by atoms with van der Waals surface area (Å²) in [7, 11) is 0. The zero-order chi connectivity index (χ0) is 13.1. The van der Waals surface area contributed by atoms with E-state index in [2.05, 4.69) is 25.6 Å². The van der Waals surface area contributed by atoms with Crippen molar-refractivity contribution < 1.29 is 4.74 Å². The number of aromatic nitrogens is 2. The number of ether oxygens (including phenoxy) is 1. The lowest BCUT2D eigenvalue weighted by Crippen LogP contribution is -2.37. The largest absolute Gasteiger partial charge is 0.378 e. The zero-order valence-corrected chi connectivity index (χ0v) is 11.4. The molecule has 3 N–H and O–H groups in total. The first-order valence-corrected chi connectivity index (χ1v) is 7.28. The van der Waals surface area contributed by atoms with Crippen molar-refractivity contribution in [1.29, 1.82) is 0 Å². The summed E-state index contributed by atoms with van der Waals surface area (Å²) in [5.74, 6) is 1.65. The number of hydrogen-bond donors (Lipinski definition) is 2. The smallest absolute Gasteiger partial charge is 0.225 e. The lowest BCUT2D eigenvalue weighted by Gasteiger charge is -2.28. The minimum Gasteiger partial charge on any atom is -0.378 e. The summed E-state index contributed by atoms with van der Waals surface area (Å²) in [6, 6.07) is 2.03. The molecule has 19 heavy (non-hydrogen) atoms. The maximum absolute atomic E-state index is 5.51. The highest BCUT2D eigenvalue weighted by molar-refractivity contribution is 7.17. The van der Waals surface area contributed by atoms with E-state index >= 15 is 0 Å². The number of thiophene rings is 1. The van der Waals surface area contributed by atoms with Gasteiger partial charge in [0.05, 0.1) is 23.4 Å². The normalized spacial score (nSPS) is 15.9. The number of hydrogen-bond acceptors (Lipinski definition) is 7. The third-order valence-corrected chi connectivity index (χ3v) is 3.92. The first-order chi connectivity index (χ1) is 9.38. The number of nitrogens with one attached hydrogen (secondary N) is 1. The molecule has 0 unspecified atom stereocenters. The van der Waals surface area contributed by atoms with Gasteiger partial charge in [0, 0.05) is 26.2 Å². The van der Waals surface area contributed by atoms with E-state index in [4.69, 9.17) is 10.5 Å². The van der Waals surface area contributed by atoms with E-state index in [0.717, 1.165) is 42.3 Å². The van der Waals surface area contributed by atoms with Gasteiger partial charge in [-0.3, -0.25) is 0 Å². The summed E-state index contributed by atoms with van der Waals surface area (Å²) in [6.07, 6.45) is 0. The number of nitrogens with zero attached hydrogens (tertiary/aromatic N) is 3. The Hall–Kier alpha value is -1.44. The van der Waals surface area contributed by atoms with E-state index in [1.807, 2.05) is 6.07 Å². The molecule has 3 rings (SSSR count). The van der Waals surface area contributed by atoms with Crippen LogP contribution in [0.5, 0.6) is 0 Å². The van der Waals surface area contributed by atoms with Crippen LogP contribution in [0.15, 0.2) is 11.4 Å². The predicted octanol–water partition coefficient (Wildman–Crippen LogP) is 0.898. The molecule has 2 aromatic heterocycles. The van der Waals surface area contributed by atoms with E-state index in [1.165, 1.54) is 0 Å². The number of anilines is 2. The van der Waals surface area contributed by atoms with Crippen LogP contribution < -0.4 is 16.0 Å². The second kappa shape index (κ2) is 5.68. The van der Waals surface area contributed by atoms with E-state index < -0.39 is 0 Å². The number of nitrogens with two attached hydrogens (primary N) is 1. The monoisotopic (exact) mass is 279 g/mol. The summed E-state index contributed by atoms with van der Waals surface area (Å²) < 4.78 is 6.54. The molecule has 0 aromatic carbocycles. The van der Waals surface area contributed by atoms with Crippen LogP contribution in [0.4, 0.5) is 11.8 Å². The molecule has 3 heterocycles. The van der Waals surface area contributed by atoms with Crippen LogP contribution >= 0.6 is 11.3 Å². The van der Waals surface area contributed by atoms with Gasteiger partial charge in [0.15, 0.2) is 5.82 Å². The SMILES string of the molecule is NCCNc1nc(N2CCOCC2)c2sccc2n1. The Labute approximate surface area is 115 Å². The van der Waals surface area contributed by atoms with Gasteiger partial charge in [-0.2, -0.15) is 4.98 Å². The van der Waals surface area contributed by atoms with Crippen LogP contribution in [0, 0.1) is 0 Å². The highest BCUT2D eigenvalue weighted by Gasteiger charge is 2.17. The molecule has 0 radical (unpaired) electrons. The lowest BCUT2D eigenvalue weighted by atomic mass is 10.3. The molecule has 7 heteroatoms. The average molecular weight is 279 g/mol. The first-order valence-electron chi connectivity index (χ1n) is 6.40. The molecule has 1 aliphatic rings. The molecule has 2 aromatic rings. The van der Waals surface area contributed by atoms with Crippen molar-refractivity contribution in [3.63, 3.8) is 0 Å². The minimum atomic E-state index is 0.567. The van der Waals surface area contributed by atoms with Crippen molar-refractivity contribution in [2.75, 3.05) is 49.6 Å². The summed E-state index contributed by atoms with van der Waals surface area (Å²) in [6.45, 7) is 4.50. The Kier molecular flexibility index (Phi) is 3.77. The van der Waals surface area contributed by atoms with E-state index in [0.29, 0.717) is 19.0 Å². The summed E-state index contributed by atoms with van der Waals surface area (Å²) in [5, 5.41) is 5.21. The summed E-state index contributed by atoms with van der Waals surface area (Å²) in [5.41, 5.74) is 6.49. The summed E-state index contributed by atoms with van der Waals surface area (Å²) >= 11 is 1.68. The van der Waals surface area contributed by atoms with Crippen molar-refractivity contribution in [3.8, 4) is 0 Å². The molecule has 1 aliphatic heterocycles. The minimum absolute atomic E-state index is 0.567. The Bertz CT molecular complexity index is 552. The standard InChI is InChI=1S/C12H17N5OS/c13-2-3-14-12-15-9-1-8-19-10(9)11(16-12)17-4-6-18-7-5-17/h1,8H,2-7,13H2,(H,14,15,16). The third kappa shape index (κ3) is 2.63. The summed E-state index contributed by atoms with van der Waals surface area (Å²) in [4.78, 5) is 11.4. The van der Waals surface area contributed by atoms with Crippen molar-refractivity contribution in [3.05, 3.63) is 11.4 Å². The molecule has 0 atom stereocenters. The van der Waals surface area contributed by atoms with Gasteiger partial charge in [-0.15, -0.1) is 11.3 Å². The van der Waals surface area contributed by atoms with Crippen molar-refractivity contribution in [1.82, 2.24) is 9.97 Å². The van der Waals surface area contributed by atoms with Crippen LogP contribution in [-0.4, -0.2) is 49.4 Å². The maximum Gasteiger partial charge on any atom is 0.225 e. The molecule has 0 bridgehead atoms. The lowest BCUT2D eigenvalue weighted by molar-refractivity contribution is 0.122. The van der Waals surface area contributed by atoms with Crippen molar-refractivity contribution in [2.45, 2.75) is 0 Å². The fourth-order valence-electron chi connectivity index (χ4n) is 2.10. The van der Waals surface area contributed by atoms with Gasteiger partial charge in [0.25, 0.3) is 0 Å². The molecule has 0 amide bonds. The van der Waals surface area contributed by atoms with E-state index in [9.17, 15) is 0 Å². The van der Waals surface area contributed by atoms with Crippen LogP contribution in [-0.2, 0) is 4.74 Å². The fraction of sp³-hybridized carbons (Fsp3) is 0.500. The van der Waals surface area contributed by atoms with Gasteiger partial charge in [-0.1, -0.05) is 0 Å². The van der Waals surface area contributed by atoms with Gasteiger partial charge >= 0.3 is 0 Å². The number of fused-ring (bicyclic) bond motifs is 1. The van der Waals surface area contributed by atoms with Crippen molar-refractivity contribution >= 4 is 33.3 Å². The average Bonchev–Trinajstić information content (AvgIpc) is 2.93. The third-order valence-electron chi connectivity index (χ3n) is 3.02. The first kappa shape index (κ1) is 12.6. The van der Waals surface area contributed by atoms with Gasteiger partial charge in [-0.25, -0.2) is 4.98 Å². The van der Waals surface area contributed by atoms with E-state index in [1.54, 1.807) is 11.3 Å². The Balaban J connectivity index is 1.97. The molecule has 1 fully saturated rings. The highest BCUT2D eigenvalue weighted by atomic mass is 32.1. The van der Waals surface area contributed by atoms with E-state index in [-0.39, 0.29) is 0 Å². The molecule has 0 aliphatic carbocycles. The Morgan fingerprint density at radius 2 is 2.21 bits per heavy atom. The van der Waals surface area contributed by atoms with Gasteiger partial charge in [0.2, 0.25) is 5.95 Å². The topological polar surface area (TPSA) is 76.3 Å².